The topological polar surface area (TPSA) is 17.8 Å². The summed E-state index contributed by atoms with van der Waals surface area (Å²) in [6.07, 6.45) is 0. The Morgan fingerprint density at radius 1 is 1.30 bits per heavy atom. The Bertz CT molecular complexity index is 764. The lowest BCUT2D eigenvalue weighted by Gasteiger charge is -2.09. The molecular formula is C14H11Br2ClN2S. The second kappa shape index (κ2) is 5.79. The highest BCUT2D eigenvalue weighted by molar-refractivity contribution is 9.11. The molecule has 0 N–H and O–H groups in total. The average Bonchev–Trinajstić information content (AvgIpc) is 2.95. The van der Waals surface area contributed by atoms with E-state index in [0.29, 0.717) is 0 Å². The number of rotatable bonds is 3. The molecule has 2 aromatic heterocycles. The summed E-state index contributed by atoms with van der Waals surface area (Å²) in [4.78, 5) is 5.93. The molecule has 0 aliphatic carbocycles. The fourth-order valence-corrected chi connectivity index (χ4v) is 4.16. The number of nitrogens with zero attached hydrogens (tertiary/aromatic N) is 2. The largest absolute Gasteiger partial charge is 0.321 e. The van der Waals surface area contributed by atoms with Crippen molar-refractivity contribution in [3.63, 3.8) is 0 Å². The predicted molar refractivity (Wildman–Crippen MR) is 92.8 cm³/mol. The highest BCUT2D eigenvalue weighted by Gasteiger charge is 2.16. The highest BCUT2D eigenvalue weighted by Crippen LogP contribution is 2.29. The molecule has 0 saturated carbocycles. The van der Waals surface area contributed by atoms with Crippen molar-refractivity contribution in [2.75, 3.05) is 0 Å². The first-order valence-corrected chi connectivity index (χ1v) is 8.92. The monoisotopic (exact) mass is 432 g/mol. The number of thiophene rings is 1. The molecular weight excluding hydrogens is 423 g/mol. The Morgan fingerprint density at radius 2 is 2.10 bits per heavy atom. The zero-order chi connectivity index (χ0) is 14.3. The van der Waals surface area contributed by atoms with Crippen LogP contribution in [0.15, 0.2) is 38.6 Å². The molecule has 0 saturated heterocycles. The van der Waals surface area contributed by atoms with Crippen LogP contribution >= 0.6 is 54.8 Å². The van der Waals surface area contributed by atoms with E-state index in [1.165, 1.54) is 4.88 Å². The minimum atomic E-state index is -0.121. The first-order valence-electron chi connectivity index (χ1n) is 6.08. The number of alkyl halides is 1. The summed E-state index contributed by atoms with van der Waals surface area (Å²) in [6, 6.07) is 10.3. The quantitative estimate of drug-likeness (QED) is 0.464. The number of fused-ring (bicyclic) bond motifs is 1. The minimum Gasteiger partial charge on any atom is -0.321 e. The SMILES string of the molecule is CC(Cl)c1nc2ccc(Br)cc2n1Cc1ccc(Br)s1. The third kappa shape index (κ3) is 2.82. The van der Waals surface area contributed by atoms with Crippen molar-refractivity contribution in [1.29, 1.82) is 0 Å². The van der Waals surface area contributed by atoms with Crippen LogP contribution in [0.1, 0.15) is 23.0 Å². The summed E-state index contributed by atoms with van der Waals surface area (Å²) in [5.41, 5.74) is 2.08. The van der Waals surface area contributed by atoms with E-state index in [4.69, 9.17) is 11.6 Å². The molecule has 0 radical (unpaired) electrons. The van der Waals surface area contributed by atoms with Crippen LogP contribution in [0, 0.1) is 0 Å². The molecule has 6 heteroatoms. The van der Waals surface area contributed by atoms with Crippen LogP contribution in [-0.2, 0) is 6.54 Å². The number of benzene rings is 1. The molecule has 104 valence electrons. The summed E-state index contributed by atoms with van der Waals surface area (Å²) < 4.78 is 4.38. The van der Waals surface area contributed by atoms with Crippen molar-refractivity contribution in [3.05, 3.63) is 49.3 Å². The van der Waals surface area contributed by atoms with E-state index in [-0.39, 0.29) is 5.38 Å². The molecule has 0 fully saturated rings. The number of hydrogen-bond acceptors (Lipinski definition) is 2. The van der Waals surface area contributed by atoms with Gasteiger partial charge >= 0.3 is 0 Å². The summed E-state index contributed by atoms with van der Waals surface area (Å²) in [7, 11) is 0. The maximum atomic E-state index is 6.29. The van der Waals surface area contributed by atoms with Gasteiger partial charge in [0.25, 0.3) is 0 Å². The van der Waals surface area contributed by atoms with E-state index in [1.54, 1.807) is 11.3 Å². The third-order valence-corrected chi connectivity index (χ3v) is 5.34. The Kier molecular flexibility index (Phi) is 4.22. The fraction of sp³-hybridized carbons (Fsp3) is 0.214. The maximum Gasteiger partial charge on any atom is 0.128 e. The lowest BCUT2D eigenvalue weighted by Crippen LogP contribution is -2.04. The van der Waals surface area contributed by atoms with Gasteiger partial charge in [-0.25, -0.2) is 4.98 Å². The van der Waals surface area contributed by atoms with Crippen molar-refractivity contribution in [2.45, 2.75) is 18.8 Å². The van der Waals surface area contributed by atoms with Gasteiger partial charge in [-0.1, -0.05) is 15.9 Å². The van der Waals surface area contributed by atoms with Crippen LogP contribution in [0.3, 0.4) is 0 Å². The molecule has 0 amide bonds. The van der Waals surface area contributed by atoms with Crippen LogP contribution < -0.4 is 0 Å². The van der Waals surface area contributed by atoms with Gasteiger partial charge < -0.3 is 4.57 Å². The maximum absolute atomic E-state index is 6.29. The van der Waals surface area contributed by atoms with Crippen molar-refractivity contribution < 1.29 is 0 Å². The summed E-state index contributed by atoms with van der Waals surface area (Å²) in [6.45, 7) is 2.74. The predicted octanol–water partition coefficient (Wildman–Crippen LogP) is 5.97. The first kappa shape index (κ1) is 14.6. The van der Waals surface area contributed by atoms with E-state index in [2.05, 4.69) is 59.6 Å². The van der Waals surface area contributed by atoms with Gasteiger partial charge in [0, 0.05) is 9.35 Å². The smallest absolute Gasteiger partial charge is 0.128 e. The molecule has 0 aliphatic heterocycles. The molecule has 3 rings (SSSR count). The van der Waals surface area contributed by atoms with Gasteiger partial charge in [0.15, 0.2) is 0 Å². The summed E-state index contributed by atoms with van der Waals surface area (Å²) in [5, 5.41) is -0.121. The lowest BCUT2D eigenvalue weighted by atomic mass is 10.3. The fourth-order valence-electron chi connectivity index (χ4n) is 2.18. The number of aromatic nitrogens is 2. The van der Waals surface area contributed by atoms with Crippen molar-refractivity contribution >= 4 is 65.8 Å². The molecule has 0 bridgehead atoms. The van der Waals surface area contributed by atoms with Gasteiger partial charge in [-0.05, 0) is 53.2 Å². The number of hydrogen-bond donors (Lipinski definition) is 0. The second-order valence-electron chi connectivity index (χ2n) is 4.51. The van der Waals surface area contributed by atoms with Crippen LogP contribution in [0.4, 0.5) is 0 Å². The zero-order valence-electron chi connectivity index (χ0n) is 10.6. The van der Waals surface area contributed by atoms with Gasteiger partial charge in [-0.2, -0.15) is 0 Å². The Balaban J connectivity index is 2.15. The van der Waals surface area contributed by atoms with Gasteiger partial charge in [-0.15, -0.1) is 22.9 Å². The van der Waals surface area contributed by atoms with E-state index < -0.39 is 0 Å². The number of imidazole rings is 1. The normalized spacial score (nSPS) is 13.0. The van der Waals surface area contributed by atoms with E-state index in [1.807, 2.05) is 19.1 Å². The molecule has 2 nitrogen and oxygen atoms in total. The van der Waals surface area contributed by atoms with Crippen molar-refractivity contribution in [1.82, 2.24) is 9.55 Å². The third-order valence-electron chi connectivity index (χ3n) is 3.04. The van der Waals surface area contributed by atoms with Gasteiger partial charge in [-0.3, -0.25) is 0 Å². The highest BCUT2D eigenvalue weighted by atomic mass is 79.9. The van der Waals surface area contributed by atoms with Crippen LogP contribution in [0.2, 0.25) is 0 Å². The van der Waals surface area contributed by atoms with Crippen LogP contribution in [0.25, 0.3) is 11.0 Å². The molecule has 20 heavy (non-hydrogen) atoms. The van der Waals surface area contributed by atoms with Crippen molar-refractivity contribution in [3.8, 4) is 0 Å². The van der Waals surface area contributed by atoms with E-state index in [0.717, 1.165) is 31.7 Å². The molecule has 2 heterocycles. The minimum absolute atomic E-state index is 0.121. The Hall–Kier alpha value is -0.360. The molecule has 0 spiro atoms. The summed E-state index contributed by atoms with van der Waals surface area (Å²) >= 11 is 15.1. The number of halogens is 3. The van der Waals surface area contributed by atoms with E-state index >= 15 is 0 Å². The molecule has 1 unspecified atom stereocenters. The first-order chi connectivity index (χ1) is 9.54. The standard InChI is InChI=1S/C14H11Br2ClN2S/c1-8(17)14-18-11-4-2-9(15)6-12(11)19(14)7-10-3-5-13(16)20-10/h2-6,8H,7H2,1H3. The molecule has 0 aliphatic rings. The lowest BCUT2D eigenvalue weighted by molar-refractivity contribution is 0.750. The van der Waals surface area contributed by atoms with Crippen LogP contribution in [0.5, 0.6) is 0 Å². The van der Waals surface area contributed by atoms with Gasteiger partial charge in [0.05, 0.1) is 26.7 Å². The molecule has 1 atom stereocenters. The van der Waals surface area contributed by atoms with Crippen molar-refractivity contribution in [2.24, 2.45) is 0 Å². The zero-order valence-corrected chi connectivity index (χ0v) is 15.4. The summed E-state index contributed by atoms with van der Waals surface area (Å²) in [5.74, 6) is 0.907. The van der Waals surface area contributed by atoms with E-state index in [9.17, 15) is 0 Å². The molecule has 3 aromatic rings. The molecule has 1 aromatic carbocycles. The van der Waals surface area contributed by atoms with Gasteiger partial charge in [0.2, 0.25) is 0 Å². The van der Waals surface area contributed by atoms with Gasteiger partial charge in [0.1, 0.15) is 5.82 Å². The average molecular weight is 435 g/mol. The Morgan fingerprint density at radius 3 is 2.75 bits per heavy atom. The van der Waals surface area contributed by atoms with Crippen LogP contribution in [-0.4, -0.2) is 9.55 Å². The Labute approximate surface area is 143 Å². The second-order valence-corrected chi connectivity index (χ2v) is 8.63.